The van der Waals surface area contributed by atoms with Gasteiger partial charge in [0.25, 0.3) is 0 Å². The van der Waals surface area contributed by atoms with Crippen LogP contribution in [0.5, 0.6) is 0 Å². The second-order valence-corrected chi connectivity index (χ2v) is 5.02. The third-order valence-electron chi connectivity index (χ3n) is 3.19. The number of allylic oxidation sites excluding steroid dienone is 4. The average molecular weight is 219 g/mol. The Morgan fingerprint density at radius 3 is 2.62 bits per heavy atom. The van der Waals surface area contributed by atoms with Crippen LogP contribution in [-0.4, -0.2) is 0 Å². The quantitative estimate of drug-likeness (QED) is 0.647. The predicted octanol–water partition coefficient (Wildman–Crippen LogP) is 4.54. The lowest BCUT2D eigenvalue weighted by atomic mass is 9.99. The summed E-state index contributed by atoms with van der Waals surface area (Å²) < 4.78 is 0. The van der Waals surface area contributed by atoms with Gasteiger partial charge in [-0.2, -0.15) is 0 Å². The molecule has 1 nitrogen and oxygen atoms in total. The maximum absolute atomic E-state index is 4.09. The average Bonchev–Trinajstić information content (AvgIpc) is 2.27. The van der Waals surface area contributed by atoms with Gasteiger partial charge < -0.3 is 5.32 Å². The molecule has 0 fully saturated rings. The van der Waals surface area contributed by atoms with Gasteiger partial charge in [0.1, 0.15) is 0 Å². The fourth-order valence-corrected chi connectivity index (χ4v) is 1.84. The Morgan fingerprint density at radius 2 is 2.06 bits per heavy atom. The second-order valence-electron chi connectivity index (χ2n) is 5.02. The summed E-state index contributed by atoms with van der Waals surface area (Å²) in [5.41, 5.74) is 3.82. The van der Waals surface area contributed by atoms with Gasteiger partial charge in [-0.15, -0.1) is 0 Å². The summed E-state index contributed by atoms with van der Waals surface area (Å²) >= 11 is 0. The third-order valence-corrected chi connectivity index (χ3v) is 3.19. The first-order valence-electron chi connectivity index (χ1n) is 6.41. The summed E-state index contributed by atoms with van der Waals surface area (Å²) in [6, 6.07) is 0. The molecular weight excluding hydrogens is 194 g/mol. The van der Waals surface area contributed by atoms with Crippen LogP contribution in [0.2, 0.25) is 0 Å². The largest absolute Gasteiger partial charge is 0.363 e. The normalized spacial score (nSPS) is 15.8. The molecule has 1 heteroatoms. The first-order chi connectivity index (χ1) is 7.59. The highest BCUT2D eigenvalue weighted by molar-refractivity contribution is 5.12. The molecule has 0 amide bonds. The summed E-state index contributed by atoms with van der Waals surface area (Å²) in [5.74, 6) is 0.585. The highest BCUT2D eigenvalue weighted by Gasteiger charge is 2.05. The van der Waals surface area contributed by atoms with Gasteiger partial charge in [0.05, 0.1) is 0 Å². The van der Waals surface area contributed by atoms with E-state index in [0.29, 0.717) is 5.92 Å². The SMILES string of the molecule is C=C(CCC(=C)C(C)C)NC1=CCCCC1. The standard InChI is InChI=1S/C15H25N/c1-12(2)13(3)10-11-14(4)16-15-8-6-5-7-9-15/h8,12,16H,3-7,9-11H2,1-2H3. The smallest absolute Gasteiger partial charge is 0.0108 e. The lowest BCUT2D eigenvalue weighted by Gasteiger charge is -2.17. The minimum absolute atomic E-state index is 0.585. The maximum atomic E-state index is 4.09. The minimum atomic E-state index is 0.585. The highest BCUT2D eigenvalue weighted by Crippen LogP contribution is 2.19. The fraction of sp³-hybridized carbons (Fsp3) is 0.600. The molecule has 1 rings (SSSR count). The van der Waals surface area contributed by atoms with Crippen LogP contribution >= 0.6 is 0 Å². The van der Waals surface area contributed by atoms with Gasteiger partial charge in [-0.25, -0.2) is 0 Å². The van der Waals surface area contributed by atoms with E-state index in [1.807, 2.05) is 0 Å². The number of nitrogens with one attached hydrogen (secondary N) is 1. The minimum Gasteiger partial charge on any atom is -0.363 e. The Balaban J connectivity index is 2.25. The van der Waals surface area contributed by atoms with Gasteiger partial charge in [-0.3, -0.25) is 0 Å². The summed E-state index contributed by atoms with van der Waals surface area (Å²) in [7, 11) is 0. The molecule has 0 heterocycles. The maximum Gasteiger partial charge on any atom is 0.0108 e. The molecule has 0 aromatic heterocycles. The van der Waals surface area contributed by atoms with E-state index in [-0.39, 0.29) is 0 Å². The van der Waals surface area contributed by atoms with Crippen molar-refractivity contribution in [3.8, 4) is 0 Å². The van der Waals surface area contributed by atoms with Crippen LogP contribution in [0.4, 0.5) is 0 Å². The van der Waals surface area contributed by atoms with E-state index in [0.717, 1.165) is 18.5 Å². The van der Waals surface area contributed by atoms with E-state index in [4.69, 9.17) is 0 Å². The Labute approximate surface area is 100 Å². The molecule has 90 valence electrons. The molecule has 1 aliphatic rings. The molecule has 1 aliphatic carbocycles. The van der Waals surface area contributed by atoms with Crippen molar-refractivity contribution in [3.05, 3.63) is 36.2 Å². The molecule has 0 saturated heterocycles. The molecule has 0 bridgehead atoms. The molecule has 0 spiro atoms. The molecule has 0 atom stereocenters. The van der Waals surface area contributed by atoms with Crippen molar-refractivity contribution in [2.45, 2.75) is 52.4 Å². The Morgan fingerprint density at radius 1 is 1.31 bits per heavy atom. The molecule has 0 radical (unpaired) electrons. The highest BCUT2D eigenvalue weighted by atomic mass is 14.9. The summed E-state index contributed by atoms with van der Waals surface area (Å²) in [4.78, 5) is 0. The molecule has 0 aromatic carbocycles. The third kappa shape index (κ3) is 4.69. The molecule has 0 unspecified atom stereocenters. The molecule has 0 aromatic rings. The first kappa shape index (κ1) is 13.1. The van der Waals surface area contributed by atoms with Gasteiger partial charge in [0.2, 0.25) is 0 Å². The van der Waals surface area contributed by atoms with E-state index in [1.165, 1.54) is 37.0 Å². The Kier molecular flexibility index (Phi) is 5.37. The summed E-state index contributed by atoms with van der Waals surface area (Å²) in [6.07, 6.45) is 9.42. The van der Waals surface area contributed by atoms with Crippen molar-refractivity contribution >= 4 is 0 Å². The van der Waals surface area contributed by atoms with Gasteiger partial charge in [-0.1, -0.05) is 38.7 Å². The zero-order valence-electron chi connectivity index (χ0n) is 10.8. The van der Waals surface area contributed by atoms with Gasteiger partial charge in [0.15, 0.2) is 0 Å². The van der Waals surface area contributed by atoms with E-state index >= 15 is 0 Å². The second kappa shape index (κ2) is 6.57. The van der Waals surface area contributed by atoms with Crippen LogP contribution in [0.15, 0.2) is 36.2 Å². The van der Waals surface area contributed by atoms with Crippen molar-refractivity contribution in [1.29, 1.82) is 0 Å². The zero-order chi connectivity index (χ0) is 12.0. The molecule has 16 heavy (non-hydrogen) atoms. The van der Waals surface area contributed by atoms with E-state index in [1.54, 1.807) is 0 Å². The van der Waals surface area contributed by atoms with Crippen molar-refractivity contribution in [1.82, 2.24) is 5.32 Å². The fourth-order valence-electron chi connectivity index (χ4n) is 1.84. The number of hydrogen-bond acceptors (Lipinski definition) is 1. The lowest BCUT2D eigenvalue weighted by Crippen LogP contribution is -2.14. The number of rotatable bonds is 6. The van der Waals surface area contributed by atoms with Crippen LogP contribution in [0, 0.1) is 5.92 Å². The molecule has 0 aliphatic heterocycles. The van der Waals surface area contributed by atoms with E-state index in [2.05, 4.69) is 38.4 Å². The van der Waals surface area contributed by atoms with Crippen molar-refractivity contribution in [3.63, 3.8) is 0 Å². The molecule has 0 saturated carbocycles. The lowest BCUT2D eigenvalue weighted by molar-refractivity contribution is 0.651. The van der Waals surface area contributed by atoms with E-state index in [9.17, 15) is 0 Å². The first-order valence-corrected chi connectivity index (χ1v) is 6.41. The van der Waals surface area contributed by atoms with Crippen LogP contribution in [-0.2, 0) is 0 Å². The van der Waals surface area contributed by atoms with Crippen LogP contribution in [0.1, 0.15) is 52.4 Å². The van der Waals surface area contributed by atoms with Gasteiger partial charge in [-0.05, 0) is 44.4 Å². The van der Waals surface area contributed by atoms with Crippen LogP contribution < -0.4 is 5.32 Å². The zero-order valence-corrected chi connectivity index (χ0v) is 10.8. The topological polar surface area (TPSA) is 12.0 Å². The monoisotopic (exact) mass is 219 g/mol. The Hall–Kier alpha value is -0.980. The van der Waals surface area contributed by atoms with E-state index < -0.39 is 0 Å². The van der Waals surface area contributed by atoms with Crippen molar-refractivity contribution in [2.75, 3.05) is 0 Å². The number of hydrogen-bond donors (Lipinski definition) is 1. The molecular formula is C15H25N. The summed E-state index contributed by atoms with van der Waals surface area (Å²) in [5, 5.41) is 3.44. The van der Waals surface area contributed by atoms with Gasteiger partial charge in [0, 0.05) is 11.4 Å². The van der Waals surface area contributed by atoms with Crippen molar-refractivity contribution < 1.29 is 0 Å². The van der Waals surface area contributed by atoms with Gasteiger partial charge >= 0.3 is 0 Å². The summed E-state index contributed by atoms with van der Waals surface area (Å²) in [6.45, 7) is 12.6. The predicted molar refractivity (Wildman–Crippen MR) is 72.0 cm³/mol. The molecule has 1 N–H and O–H groups in total. The Bertz CT molecular complexity index is 284. The van der Waals surface area contributed by atoms with Crippen LogP contribution in [0.3, 0.4) is 0 Å². The van der Waals surface area contributed by atoms with Crippen molar-refractivity contribution in [2.24, 2.45) is 5.92 Å². The van der Waals surface area contributed by atoms with Crippen LogP contribution in [0.25, 0.3) is 0 Å².